The second kappa shape index (κ2) is 3.73. The lowest BCUT2D eigenvalue weighted by atomic mass is 9.63. The van der Waals surface area contributed by atoms with E-state index in [9.17, 15) is 0 Å². The van der Waals surface area contributed by atoms with E-state index in [1.54, 1.807) is 0 Å². The molecule has 1 saturated heterocycles. The van der Waals surface area contributed by atoms with Gasteiger partial charge in [-0.25, -0.2) is 0 Å². The molecule has 1 aliphatic heterocycles. The maximum absolute atomic E-state index is 6.42. The lowest BCUT2D eigenvalue weighted by molar-refractivity contribution is -0.204. The molecule has 0 aromatic carbocycles. The van der Waals surface area contributed by atoms with Crippen molar-refractivity contribution in [3.8, 4) is 0 Å². The summed E-state index contributed by atoms with van der Waals surface area (Å²) in [5.74, 6) is 1.16. The Morgan fingerprint density at radius 2 is 2.06 bits per heavy atom. The van der Waals surface area contributed by atoms with Gasteiger partial charge in [-0.1, -0.05) is 25.2 Å². The van der Waals surface area contributed by atoms with Crippen LogP contribution in [0.3, 0.4) is 0 Å². The van der Waals surface area contributed by atoms with Gasteiger partial charge >= 0.3 is 0 Å². The summed E-state index contributed by atoms with van der Waals surface area (Å²) >= 11 is 0. The molecule has 0 spiro atoms. The Bertz CT molecular complexity index is 319. The maximum Gasteiger partial charge on any atom is 0.0839 e. The second-order valence-corrected chi connectivity index (χ2v) is 5.99. The van der Waals surface area contributed by atoms with Crippen LogP contribution in [0, 0.1) is 11.8 Å². The van der Waals surface area contributed by atoms with E-state index in [0.29, 0.717) is 11.8 Å². The van der Waals surface area contributed by atoms with E-state index in [2.05, 4.69) is 33.9 Å². The molecule has 0 radical (unpaired) electrons. The van der Waals surface area contributed by atoms with Crippen molar-refractivity contribution in [1.29, 1.82) is 0 Å². The van der Waals surface area contributed by atoms with Gasteiger partial charge in [-0.3, -0.25) is 0 Å². The highest BCUT2D eigenvalue weighted by atomic mass is 16.5. The first-order valence-corrected chi connectivity index (χ1v) is 6.43. The smallest absolute Gasteiger partial charge is 0.0839 e. The van der Waals surface area contributed by atoms with Gasteiger partial charge in [0, 0.05) is 5.92 Å². The molecule has 2 rings (SSSR count). The summed E-state index contributed by atoms with van der Waals surface area (Å²) < 4.78 is 6.42. The van der Waals surface area contributed by atoms with Crippen molar-refractivity contribution in [2.45, 2.75) is 57.7 Å². The van der Waals surface area contributed by atoms with Gasteiger partial charge in [0.05, 0.1) is 11.2 Å². The van der Waals surface area contributed by atoms with Gasteiger partial charge in [0.2, 0.25) is 0 Å². The van der Waals surface area contributed by atoms with E-state index in [0.717, 1.165) is 6.42 Å². The van der Waals surface area contributed by atoms with Gasteiger partial charge in [-0.2, -0.15) is 0 Å². The fraction of sp³-hybridized carbons (Fsp3) is 0.733. The zero-order chi connectivity index (χ0) is 12.0. The van der Waals surface area contributed by atoms with E-state index in [1.165, 1.54) is 24.8 Å². The van der Waals surface area contributed by atoms with Crippen molar-refractivity contribution in [3.05, 3.63) is 24.8 Å². The number of ether oxygens (including phenoxy) is 1. The molecule has 1 aliphatic carbocycles. The molecule has 16 heavy (non-hydrogen) atoms. The van der Waals surface area contributed by atoms with Crippen molar-refractivity contribution in [1.82, 2.24) is 0 Å². The number of hydrogen-bond donors (Lipinski definition) is 0. The van der Waals surface area contributed by atoms with Gasteiger partial charge < -0.3 is 4.74 Å². The molecule has 1 saturated carbocycles. The van der Waals surface area contributed by atoms with Crippen molar-refractivity contribution < 1.29 is 4.74 Å². The third kappa shape index (κ3) is 1.66. The SMILES string of the molecule is C=C[C@]1(C)CC[C@@H]2C(=C)CC[C@@H](C)[C@]2(C)O1. The molecular formula is C15H24O. The lowest BCUT2D eigenvalue weighted by Crippen LogP contribution is -2.55. The molecule has 0 unspecified atom stereocenters. The molecule has 0 aromatic heterocycles. The van der Waals surface area contributed by atoms with Crippen LogP contribution in [0.1, 0.15) is 46.5 Å². The van der Waals surface area contributed by atoms with Crippen LogP contribution in [-0.4, -0.2) is 11.2 Å². The standard InChI is InChI=1S/C15H24O/c1-6-14(4)10-9-13-11(2)7-8-12(3)15(13,5)16-14/h6,12-13H,1-2,7-10H2,3-5H3/t12-,13-,14-,15+/m1/s1. The van der Waals surface area contributed by atoms with E-state index in [-0.39, 0.29) is 11.2 Å². The molecule has 0 amide bonds. The first-order valence-electron chi connectivity index (χ1n) is 6.43. The Balaban J connectivity index is 2.30. The summed E-state index contributed by atoms with van der Waals surface area (Å²) in [4.78, 5) is 0. The fourth-order valence-corrected chi connectivity index (χ4v) is 3.40. The summed E-state index contributed by atoms with van der Waals surface area (Å²) in [6, 6.07) is 0. The Hall–Kier alpha value is -0.560. The van der Waals surface area contributed by atoms with Crippen LogP contribution < -0.4 is 0 Å². The molecule has 2 aliphatic rings. The number of rotatable bonds is 1. The monoisotopic (exact) mass is 220 g/mol. The minimum absolute atomic E-state index is 0.0312. The fourth-order valence-electron chi connectivity index (χ4n) is 3.40. The van der Waals surface area contributed by atoms with Crippen molar-refractivity contribution in [2.75, 3.05) is 0 Å². The molecule has 0 aromatic rings. The van der Waals surface area contributed by atoms with Gasteiger partial charge in [0.15, 0.2) is 0 Å². The van der Waals surface area contributed by atoms with Crippen LogP contribution in [0.25, 0.3) is 0 Å². The summed E-state index contributed by atoms with van der Waals surface area (Å²) in [7, 11) is 0. The lowest BCUT2D eigenvalue weighted by Gasteiger charge is -2.55. The zero-order valence-electron chi connectivity index (χ0n) is 10.9. The van der Waals surface area contributed by atoms with E-state index in [4.69, 9.17) is 4.74 Å². The minimum atomic E-state index is -0.142. The van der Waals surface area contributed by atoms with Crippen molar-refractivity contribution >= 4 is 0 Å². The molecule has 1 heterocycles. The predicted octanol–water partition coefficient (Wildman–Crippen LogP) is 4.10. The van der Waals surface area contributed by atoms with Crippen LogP contribution >= 0.6 is 0 Å². The van der Waals surface area contributed by atoms with Gasteiger partial charge in [0.1, 0.15) is 0 Å². The molecular weight excluding hydrogens is 196 g/mol. The van der Waals surface area contributed by atoms with Crippen LogP contribution in [0.5, 0.6) is 0 Å². The summed E-state index contributed by atoms with van der Waals surface area (Å²) in [6.07, 6.45) is 6.62. The topological polar surface area (TPSA) is 9.23 Å². The molecule has 90 valence electrons. The Morgan fingerprint density at radius 3 is 2.69 bits per heavy atom. The Labute approximate surface area is 99.6 Å². The molecule has 0 bridgehead atoms. The number of hydrogen-bond acceptors (Lipinski definition) is 1. The van der Waals surface area contributed by atoms with E-state index < -0.39 is 0 Å². The summed E-state index contributed by atoms with van der Waals surface area (Å²) in [5, 5.41) is 0. The normalized spacial score (nSPS) is 48.6. The summed E-state index contributed by atoms with van der Waals surface area (Å²) in [5.41, 5.74) is 1.22. The highest BCUT2D eigenvalue weighted by molar-refractivity contribution is 5.17. The molecule has 1 nitrogen and oxygen atoms in total. The quantitative estimate of drug-likeness (QED) is 0.604. The highest BCUT2D eigenvalue weighted by Crippen LogP contribution is 2.51. The maximum atomic E-state index is 6.42. The zero-order valence-corrected chi connectivity index (χ0v) is 10.9. The van der Waals surface area contributed by atoms with E-state index >= 15 is 0 Å². The van der Waals surface area contributed by atoms with Crippen LogP contribution in [0.4, 0.5) is 0 Å². The minimum Gasteiger partial charge on any atom is -0.364 e. The van der Waals surface area contributed by atoms with Gasteiger partial charge in [-0.15, -0.1) is 6.58 Å². The first-order chi connectivity index (χ1) is 7.41. The van der Waals surface area contributed by atoms with Gasteiger partial charge in [-0.05, 0) is 45.4 Å². The van der Waals surface area contributed by atoms with Crippen molar-refractivity contribution in [2.24, 2.45) is 11.8 Å². The van der Waals surface area contributed by atoms with E-state index in [1.807, 2.05) is 6.08 Å². The van der Waals surface area contributed by atoms with Crippen LogP contribution in [0.15, 0.2) is 24.8 Å². The highest BCUT2D eigenvalue weighted by Gasteiger charge is 2.50. The molecule has 4 atom stereocenters. The van der Waals surface area contributed by atoms with Crippen molar-refractivity contribution in [3.63, 3.8) is 0 Å². The average Bonchev–Trinajstić information content (AvgIpc) is 2.24. The summed E-state index contributed by atoms with van der Waals surface area (Å²) in [6.45, 7) is 14.9. The Morgan fingerprint density at radius 1 is 1.38 bits per heavy atom. The molecule has 1 heteroatoms. The predicted molar refractivity (Wildman–Crippen MR) is 68.4 cm³/mol. The largest absolute Gasteiger partial charge is 0.364 e. The average molecular weight is 220 g/mol. The van der Waals surface area contributed by atoms with Crippen LogP contribution in [-0.2, 0) is 4.74 Å². The third-order valence-corrected chi connectivity index (χ3v) is 4.88. The Kier molecular flexibility index (Phi) is 2.78. The second-order valence-electron chi connectivity index (χ2n) is 5.99. The molecule has 2 fully saturated rings. The van der Waals surface area contributed by atoms with Crippen LogP contribution in [0.2, 0.25) is 0 Å². The van der Waals surface area contributed by atoms with Gasteiger partial charge in [0.25, 0.3) is 0 Å². The number of fused-ring (bicyclic) bond motifs is 1. The third-order valence-electron chi connectivity index (χ3n) is 4.88. The first kappa shape index (κ1) is 11.9. The molecule has 0 N–H and O–H groups in total.